The lowest BCUT2D eigenvalue weighted by Gasteiger charge is -2.32. The molecular formula is C22H23F3N4O. The van der Waals surface area contributed by atoms with Gasteiger partial charge in [-0.2, -0.15) is 13.2 Å². The topological polar surface area (TPSA) is 49.6 Å². The lowest BCUT2D eigenvalue weighted by Crippen LogP contribution is -2.32. The van der Waals surface area contributed by atoms with Crippen molar-refractivity contribution in [3.05, 3.63) is 59.5 Å². The Morgan fingerprint density at radius 1 is 1.10 bits per heavy atom. The van der Waals surface area contributed by atoms with Gasteiger partial charge in [-0.15, -0.1) is 0 Å². The molecule has 1 amide bonds. The van der Waals surface area contributed by atoms with Crippen LogP contribution in [0.1, 0.15) is 41.5 Å². The lowest BCUT2D eigenvalue weighted by atomic mass is 9.99. The van der Waals surface area contributed by atoms with Crippen molar-refractivity contribution >= 4 is 22.9 Å². The standard InChI is InChI=1S/C22H23F3N4O/c1-14-9-11-28(12-10-14)18-6-4-17(5-7-18)27-21(30)20-15(2)26-19-8-3-16(13-29(19)20)22(23,24)25/h3-8,13-14H,9-12H2,1-2H3,(H,27,30). The van der Waals surface area contributed by atoms with E-state index >= 15 is 0 Å². The van der Waals surface area contributed by atoms with E-state index in [0.717, 1.165) is 49.8 Å². The van der Waals surface area contributed by atoms with Crippen LogP contribution < -0.4 is 10.2 Å². The number of anilines is 2. The number of halogens is 3. The van der Waals surface area contributed by atoms with E-state index in [2.05, 4.69) is 22.1 Å². The van der Waals surface area contributed by atoms with Gasteiger partial charge in [0.2, 0.25) is 0 Å². The largest absolute Gasteiger partial charge is 0.417 e. The first-order valence-corrected chi connectivity index (χ1v) is 9.94. The summed E-state index contributed by atoms with van der Waals surface area (Å²) < 4.78 is 40.4. The third kappa shape index (κ3) is 3.99. The lowest BCUT2D eigenvalue weighted by molar-refractivity contribution is -0.137. The summed E-state index contributed by atoms with van der Waals surface area (Å²) in [6, 6.07) is 9.75. The molecule has 5 nitrogen and oxygen atoms in total. The van der Waals surface area contributed by atoms with Crippen LogP contribution in [0.2, 0.25) is 0 Å². The Balaban J connectivity index is 1.55. The monoisotopic (exact) mass is 416 g/mol. The Kier molecular flexibility index (Phi) is 5.17. The van der Waals surface area contributed by atoms with Gasteiger partial charge in [-0.05, 0) is 62.1 Å². The van der Waals surface area contributed by atoms with Crippen molar-refractivity contribution in [3.8, 4) is 0 Å². The highest BCUT2D eigenvalue weighted by Crippen LogP contribution is 2.30. The summed E-state index contributed by atoms with van der Waals surface area (Å²) in [4.78, 5) is 19.4. The highest BCUT2D eigenvalue weighted by Gasteiger charge is 2.31. The van der Waals surface area contributed by atoms with Crippen molar-refractivity contribution in [1.82, 2.24) is 9.38 Å². The van der Waals surface area contributed by atoms with E-state index in [0.29, 0.717) is 17.0 Å². The van der Waals surface area contributed by atoms with Crippen molar-refractivity contribution in [2.24, 2.45) is 5.92 Å². The molecule has 4 rings (SSSR count). The average molecular weight is 416 g/mol. The maximum Gasteiger partial charge on any atom is 0.417 e. The molecule has 0 unspecified atom stereocenters. The van der Waals surface area contributed by atoms with Crippen molar-refractivity contribution in [3.63, 3.8) is 0 Å². The van der Waals surface area contributed by atoms with E-state index < -0.39 is 17.6 Å². The Hall–Kier alpha value is -3.03. The van der Waals surface area contributed by atoms with Crippen LogP contribution in [-0.2, 0) is 6.18 Å². The minimum atomic E-state index is -4.50. The smallest absolute Gasteiger partial charge is 0.372 e. The average Bonchev–Trinajstić information content (AvgIpc) is 3.03. The van der Waals surface area contributed by atoms with Crippen LogP contribution in [0.3, 0.4) is 0 Å². The number of benzene rings is 1. The van der Waals surface area contributed by atoms with E-state index in [1.165, 1.54) is 10.5 Å². The van der Waals surface area contributed by atoms with E-state index in [-0.39, 0.29) is 5.69 Å². The van der Waals surface area contributed by atoms with Gasteiger partial charge in [0, 0.05) is 30.7 Å². The number of nitrogens with zero attached hydrogens (tertiary/aromatic N) is 3. The molecule has 1 saturated heterocycles. The number of alkyl halides is 3. The number of carbonyl (C=O) groups excluding carboxylic acids is 1. The van der Waals surface area contributed by atoms with Crippen molar-refractivity contribution in [2.75, 3.05) is 23.3 Å². The van der Waals surface area contributed by atoms with Gasteiger partial charge in [0.1, 0.15) is 11.3 Å². The highest BCUT2D eigenvalue weighted by atomic mass is 19.4. The summed E-state index contributed by atoms with van der Waals surface area (Å²) >= 11 is 0. The number of fused-ring (bicyclic) bond motifs is 1. The number of piperidine rings is 1. The zero-order valence-corrected chi connectivity index (χ0v) is 16.8. The molecule has 1 aliphatic heterocycles. The first-order chi connectivity index (χ1) is 14.2. The minimum absolute atomic E-state index is 0.0881. The molecule has 0 bridgehead atoms. The van der Waals surface area contributed by atoms with Crippen molar-refractivity contribution in [2.45, 2.75) is 32.9 Å². The van der Waals surface area contributed by atoms with Crippen LogP contribution in [0, 0.1) is 12.8 Å². The molecule has 1 fully saturated rings. The fourth-order valence-corrected chi connectivity index (χ4v) is 3.82. The molecule has 0 radical (unpaired) electrons. The number of pyridine rings is 1. The second-order valence-electron chi connectivity index (χ2n) is 7.86. The van der Waals surface area contributed by atoms with Gasteiger partial charge in [-0.1, -0.05) is 6.92 Å². The summed E-state index contributed by atoms with van der Waals surface area (Å²) in [7, 11) is 0. The van der Waals surface area contributed by atoms with Gasteiger partial charge in [0.05, 0.1) is 11.3 Å². The first-order valence-electron chi connectivity index (χ1n) is 9.94. The number of rotatable bonds is 3. The molecule has 1 aromatic carbocycles. The molecule has 3 aromatic rings. The molecule has 30 heavy (non-hydrogen) atoms. The molecule has 0 aliphatic carbocycles. The molecule has 0 atom stereocenters. The Morgan fingerprint density at radius 2 is 1.77 bits per heavy atom. The van der Waals surface area contributed by atoms with Gasteiger partial charge in [0.15, 0.2) is 0 Å². The number of imidazole rings is 1. The van der Waals surface area contributed by atoms with Crippen LogP contribution >= 0.6 is 0 Å². The summed E-state index contributed by atoms with van der Waals surface area (Å²) in [5.41, 5.74) is 1.59. The zero-order chi connectivity index (χ0) is 21.5. The van der Waals surface area contributed by atoms with Gasteiger partial charge in [0.25, 0.3) is 5.91 Å². The number of nitrogens with one attached hydrogen (secondary N) is 1. The quantitative estimate of drug-likeness (QED) is 0.642. The third-order valence-electron chi connectivity index (χ3n) is 5.61. The van der Waals surface area contributed by atoms with Gasteiger partial charge >= 0.3 is 6.18 Å². The van der Waals surface area contributed by atoms with Crippen LogP contribution in [0.15, 0.2) is 42.6 Å². The molecule has 1 N–H and O–H groups in total. The van der Waals surface area contributed by atoms with Crippen molar-refractivity contribution < 1.29 is 18.0 Å². The zero-order valence-electron chi connectivity index (χ0n) is 16.8. The molecule has 2 aromatic heterocycles. The van der Waals surface area contributed by atoms with Gasteiger partial charge in [-0.25, -0.2) is 4.98 Å². The number of hydrogen-bond acceptors (Lipinski definition) is 3. The maximum atomic E-state index is 13.1. The van der Waals surface area contributed by atoms with E-state index in [9.17, 15) is 18.0 Å². The Bertz CT molecular complexity index is 1060. The predicted molar refractivity (Wildman–Crippen MR) is 110 cm³/mol. The van der Waals surface area contributed by atoms with E-state index in [1.807, 2.05) is 24.3 Å². The molecular weight excluding hydrogens is 393 g/mol. The summed E-state index contributed by atoms with van der Waals surface area (Å²) in [5, 5.41) is 2.77. The van der Waals surface area contributed by atoms with Gasteiger partial charge < -0.3 is 10.2 Å². The SMILES string of the molecule is Cc1nc2ccc(C(F)(F)F)cn2c1C(=O)Nc1ccc(N2CCC(C)CC2)cc1. The normalized spacial score (nSPS) is 15.6. The predicted octanol–water partition coefficient (Wildman–Crippen LogP) is 5.15. The summed E-state index contributed by atoms with van der Waals surface area (Å²) in [5.74, 6) is 0.241. The minimum Gasteiger partial charge on any atom is -0.372 e. The molecule has 0 saturated carbocycles. The fourth-order valence-electron chi connectivity index (χ4n) is 3.82. The molecule has 1 aliphatic rings. The summed E-state index contributed by atoms with van der Waals surface area (Å²) in [6.07, 6.45) is -1.27. The van der Waals surface area contributed by atoms with Crippen LogP contribution in [-0.4, -0.2) is 28.4 Å². The van der Waals surface area contributed by atoms with E-state index in [4.69, 9.17) is 0 Å². The fraction of sp³-hybridized carbons (Fsp3) is 0.364. The number of aryl methyl sites for hydroxylation is 1. The second kappa shape index (κ2) is 7.66. The molecule has 158 valence electrons. The highest BCUT2D eigenvalue weighted by molar-refractivity contribution is 6.04. The maximum absolute atomic E-state index is 13.1. The number of carbonyl (C=O) groups is 1. The Morgan fingerprint density at radius 3 is 2.40 bits per heavy atom. The number of amides is 1. The van der Waals surface area contributed by atoms with Crippen molar-refractivity contribution in [1.29, 1.82) is 0 Å². The number of hydrogen-bond donors (Lipinski definition) is 1. The Labute approximate surface area is 172 Å². The summed E-state index contributed by atoms with van der Waals surface area (Å²) in [6.45, 7) is 5.89. The molecule has 0 spiro atoms. The van der Waals surface area contributed by atoms with Crippen LogP contribution in [0.5, 0.6) is 0 Å². The van der Waals surface area contributed by atoms with Gasteiger partial charge in [-0.3, -0.25) is 9.20 Å². The molecule has 8 heteroatoms. The number of aromatic nitrogens is 2. The van der Waals surface area contributed by atoms with Crippen LogP contribution in [0.25, 0.3) is 5.65 Å². The first kappa shape index (κ1) is 20.3. The van der Waals surface area contributed by atoms with Crippen LogP contribution in [0.4, 0.5) is 24.5 Å². The third-order valence-corrected chi connectivity index (χ3v) is 5.61. The second-order valence-corrected chi connectivity index (χ2v) is 7.86. The van der Waals surface area contributed by atoms with E-state index in [1.54, 1.807) is 6.92 Å². The molecule has 3 heterocycles.